The van der Waals surface area contributed by atoms with E-state index in [4.69, 9.17) is 0 Å². The minimum atomic E-state index is -0.305. The van der Waals surface area contributed by atoms with Crippen LogP contribution >= 0.6 is 0 Å². The zero-order chi connectivity index (χ0) is 16.8. The standard InChI is InChI=1S/C17H20FN5O/c18-14-5-1-4-13(10-14)11-21-17(24)22-15-6-2-9-23(12-15)16-19-7-3-8-20-16/h1,3-5,7-8,10,15H,2,6,9,11-12H2,(H2,21,22,24)/t15-/m0/s1. The molecule has 2 aromatic rings. The Morgan fingerprint density at radius 1 is 1.29 bits per heavy atom. The first-order chi connectivity index (χ1) is 11.7. The van der Waals surface area contributed by atoms with Gasteiger partial charge in [-0.05, 0) is 36.6 Å². The summed E-state index contributed by atoms with van der Waals surface area (Å²) >= 11 is 0. The van der Waals surface area contributed by atoms with Crippen LogP contribution in [0.1, 0.15) is 18.4 Å². The number of aromatic nitrogens is 2. The fourth-order valence-electron chi connectivity index (χ4n) is 2.80. The van der Waals surface area contributed by atoms with E-state index in [1.165, 1.54) is 12.1 Å². The molecule has 1 fully saturated rings. The molecule has 2 N–H and O–H groups in total. The van der Waals surface area contributed by atoms with Crippen molar-refractivity contribution >= 4 is 12.0 Å². The highest BCUT2D eigenvalue weighted by molar-refractivity contribution is 5.74. The number of piperidine rings is 1. The van der Waals surface area contributed by atoms with Crippen LogP contribution in [0.4, 0.5) is 15.1 Å². The average molecular weight is 329 g/mol. The quantitative estimate of drug-likeness (QED) is 0.901. The van der Waals surface area contributed by atoms with E-state index in [0.717, 1.165) is 24.9 Å². The van der Waals surface area contributed by atoms with Crippen molar-refractivity contribution in [1.29, 1.82) is 0 Å². The zero-order valence-electron chi connectivity index (χ0n) is 13.3. The summed E-state index contributed by atoms with van der Waals surface area (Å²) in [5.74, 6) is 0.379. The number of nitrogens with zero attached hydrogens (tertiary/aromatic N) is 3. The SMILES string of the molecule is O=C(NCc1cccc(F)c1)N[C@H]1CCCN(c2ncccn2)C1. The number of halogens is 1. The van der Waals surface area contributed by atoms with Gasteiger partial charge in [0.15, 0.2) is 0 Å². The van der Waals surface area contributed by atoms with Crippen molar-refractivity contribution in [1.82, 2.24) is 20.6 Å². The molecule has 0 radical (unpaired) electrons. The maximum Gasteiger partial charge on any atom is 0.315 e. The van der Waals surface area contributed by atoms with Crippen LogP contribution in [0.25, 0.3) is 0 Å². The van der Waals surface area contributed by atoms with Crippen molar-refractivity contribution in [3.8, 4) is 0 Å². The highest BCUT2D eigenvalue weighted by atomic mass is 19.1. The molecule has 0 spiro atoms. The van der Waals surface area contributed by atoms with E-state index in [1.807, 2.05) is 0 Å². The molecule has 1 atom stereocenters. The summed E-state index contributed by atoms with van der Waals surface area (Å²) in [4.78, 5) is 22.6. The van der Waals surface area contributed by atoms with E-state index < -0.39 is 0 Å². The number of nitrogens with one attached hydrogen (secondary N) is 2. The first-order valence-electron chi connectivity index (χ1n) is 8.01. The second-order valence-corrected chi connectivity index (χ2v) is 5.79. The van der Waals surface area contributed by atoms with Crippen molar-refractivity contribution in [3.63, 3.8) is 0 Å². The van der Waals surface area contributed by atoms with Crippen LogP contribution in [0.5, 0.6) is 0 Å². The Morgan fingerprint density at radius 3 is 2.92 bits per heavy atom. The molecule has 1 aliphatic rings. The second-order valence-electron chi connectivity index (χ2n) is 5.79. The van der Waals surface area contributed by atoms with Crippen LogP contribution < -0.4 is 15.5 Å². The summed E-state index contributed by atoms with van der Waals surface area (Å²) in [7, 11) is 0. The molecule has 126 valence electrons. The number of benzene rings is 1. The molecule has 0 bridgehead atoms. The Kier molecular flexibility index (Phi) is 5.20. The largest absolute Gasteiger partial charge is 0.339 e. The predicted molar refractivity (Wildman–Crippen MR) is 89.0 cm³/mol. The van der Waals surface area contributed by atoms with E-state index in [2.05, 4.69) is 25.5 Å². The fourth-order valence-corrected chi connectivity index (χ4v) is 2.80. The smallest absolute Gasteiger partial charge is 0.315 e. The first-order valence-corrected chi connectivity index (χ1v) is 8.01. The molecular weight excluding hydrogens is 309 g/mol. The number of amides is 2. The Hall–Kier alpha value is -2.70. The van der Waals surface area contributed by atoms with Gasteiger partial charge in [-0.15, -0.1) is 0 Å². The summed E-state index contributed by atoms with van der Waals surface area (Å²) in [5.41, 5.74) is 0.730. The molecule has 0 aliphatic carbocycles. The van der Waals surface area contributed by atoms with Crippen LogP contribution in [0.15, 0.2) is 42.7 Å². The first kappa shape index (κ1) is 16.2. The maximum atomic E-state index is 13.1. The van der Waals surface area contributed by atoms with Gasteiger partial charge in [0.2, 0.25) is 5.95 Å². The molecule has 1 saturated heterocycles. The molecule has 6 nitrogen and oxygen atoms in total. The lowest BCUT2D eigenvalue weighted by molar-refractivity contribution is 0.234. The Morgan fingerprint density at radius 2 is 2.12 bits per heavy atom. The third kappa shape index (κ3) is 4.41. The van der Waals surface area contributed by atoms with Crippen LogP contribution in [-0.2, 0) is 6.54 Å². The van der Waals surface area contributed by atoms with Gasteiger partial charge in [-0.3, -0.25) is 0 Å². The third-order valence-electron chi connectivity index (χ3n) is 3.93. The highest BCUT2D eigenvalue weighted by Gasteiger charge is 2.22. The Labute approximate surface area is 140 Å². The summed E-state index contributed by atoms with van der Waals surface area (Å²) in [6.45, 7) is 1.85. The lowest BCUT2D eigenvalue weighted by atomic mass is 10.1. The van der Waals surface area contributed by atoms with Gasteiger partial charge in [0.25, 0.3) is 0 Å². The van der Waals surface area contributed by atoms with Crippen molar-refractivity contribution in [2.45, 2.75) is 25.4 Å². The molecule has 7 heteroatoms. The highest BCUT2D eigenvalue weighted by Crippen LogP contribution is 2.15. The molecule has 2 amide bonds. The van der Waals surface area contributed by atoms with Gasteiger partial charge in [-0.1, -0.05) is 12.1 Å². The van der Waals surface area contributed by atoms with Crippen molar-refractivity contribution < 1.29 is 9.18 Å². The number of hydrogen-bond donors (Lipinski definition) is 2. The minimum absolute atomic E-state index is 0.0371. The number of carbonyl (C=O) groups excluding carboxylic acids is 1. The second kappa shape index (κ2) is 7.72. The van der Waals surface area contributed by atoms with Gasteiger partial charge in [-0.2, -0.15) is 0 Å². The van der Waals surface area contributed by atoms with E-state index in [9.17, 15) is 9.18 Å². The van der Waals surface area contributed by atoms with Crippen molar-refractivity contribution in [2.24, 2.45) is 0 Å². The summed E-state index contributed by atoms with van der Waals surface area (Å²) in [6, 6.07) is 7.77. The summed E-state index contributed by atoms with van der Waals surface area (Å²) in [6.07, 6.45) is 5.31. The Balaban J connectivity index is 1.49. The van der Waals surface area contributed by atoms with Crippen LogP contribution in [0.2, 0.25) is 0 Å². The summed E-state index contributed by atoms with van der Waals surface area (Å²) < 4.78 is 13.1. The van der Waals surface area contributed by atoms with Crippen LogP contribution in [-0.4, -0.2) is 35.1 Å². The van der Waals surface area contributed by atoms with Gasteiger partial charge in [0.05, 0.1) is 0 Å². The van der Waals surface area contributed by atoms with Gasteiger partial charge in [-0.25, -0.2) is 19.2 Å². The normalized spacial score (nSPS) is 17.4. The molecular formula is C17H20FN5O. The molecule has 24 heavy (non-hydrogen) atoms. The zero-order valence-corrected chi connectivity index (χ0v) is 13.3. The lowest BCUT2D eigenvalue weighted by Gasteiger charge is -2.33. The Bertz CT molecular complexity index is 682. The van der Waals surface area contributed by atoms with E-state index in [-0.39, 0.29) is 17.9 Å². The number of hydrogen-bond acceptors (Lipinski definition) is 4. The number of carbonyl (C=O) groups is 1. The van der Waals surface area contributed by atoms with E-state index in [0.29, 0.717) is 19.0 Å². The van der Waals surface area contributed by atoms with Gasteiger partial charge in [0, 0.05) is 38.1 Å². The predicted octanol–water partition coefficient (Wildman–Crippen LogP) is 2.08. The summed E-state index contributed by atoms with van der Waals surface area (Å²) in [5, 5.41) is 5.72. The van der Waals surface area contributed by atoms with Gasteiger partial charge >= 0.3 is 6.03 Å². The number of urea groups is 1. The maximum absolute atomic E-state index is 13.1. The molecule has 3 rings (SSSR count). The molecule has 1 aromatic heterocycles. The topological polar surface area (TPSA) is 70.2 Å². The van der Waals surface area contributed by atoms with Crippen LogP contribution in [0.3, 0.4) is 0 Å². The molecule has 0 unspecified atom stereocenters. The number of rotatable bonds is 4. The molecule has 0 saturated carbocycles. The van der Waals surface area contributed by atoms with Crippen LogP contribution in [0, 0.1) is 5.82 Å². The number of anilines is 1. The van der Waals surface area contributed by atoms with E-state index >= 15 is 0 Å². The van der Waals surface area contributed by atoms with Gasteiger partial charge < -0.3 is 15.5 Å². The monoisotopic (exact) mass is 329 g/mol. The van der Waals surface area contributed by atoms with E-state index in [1.54, 1.807) is 30.6 Å². The van der Waals surface area contributed by atoms with Crippen molar-refractivity contribution in [3.05, 3.63) is 54.1 Å². The molecule has 1 aromatic carbocycles. The fraction of sp³-hybridized carbons (Fsp3) is 0.353. The lowest BCUT2D eigenvalue weighted by Crippen LogP contribution is -2.50. The molecule has 2 heterocycles. The average Bonchev–Trinajstić information content (AvgIpc) is 2.61. The van der Waals surface area contributed by atoms with Gasteiger partial charge in [0.1, 0.15) is 5.82 Å². The molecule has 1 aliphatic heterocycles. The minimum Gasteiger partial charge on any atom is -0.339 e. The van der Waals surface area contributed by atoms with Crippen molar-refractivity contribution in [2.75, 3.05) is 18.0 Å². The third-order valence-corrected chi connectivity index (χ3v) is 3.93.